The first kappa shape index (κ1) is 24.3. The summed E-state index contributed by atoms with van der Waals surface area (Å²) in [5.74, 6) is -0.267. The summed E-state index contributed by atoms with van der Waals surface area (Å²) in [6, 6.07) is 11.9. The first-order valence-electron chi connectivity index (χ1n) is 12.2. The summed E-state index contributed by atoms with van der Waals surface area (Å²) in [5.41, 5.74) is 1.34. The summed E-state index contributed by atoms with van der Waals surface area (Å²) < 4.78 is 28.5. The zero-order chi connectivity index (χ0) is 24.8. The maximum Gasteiger partial charge on any atom is 0.270 e. The normalized spacial score (nSPS) is 20.3. The number of nitrogens with zero attached hydrogens (tertiary/aromatic N) is 3. The van der Waals surface area contributed by atoms with Crippen molar-refractivity contribution in [3.63, 3.8) is 0 Å². The maximum atomic E-state index is 13.7. The van der Waals surface area contributed by atoms with Gasteiger partial charge < -0.3 is 4.90 Å². The number of carbonyl (C=O) groups is 2. The van der Waals surface area contributed by atoms with Crippen molar-refractivity contribution in [2.75, 3.05) is 30.5 Å². The van der Waals surface area contributed by atoms with Gasteiger partial charge in [0.2, 0.25) is 5.91 Å². The Balaban J connectivity index is 1.39. The lowest BCUT2D eigenvalue weighted by atomic mass is 9.70. The van der Waals surface area contributed by atoms with Crippen LogP contribution in [-0.4, -0.2) is 56.2 Å². The Labute approximate surface area is 211 Å². The minimum Gasteiger partial charge on any atom is -0.340 e. The fraction of sp³-hybridized carbons (Fsp3) is 0.462. The number of anilines is 1. The van der Waals surface area contributed by atoms with Gasteiger partial charge >= 0.3 is 0 Å². The molecule has 186 valence electrons. The maximum absolute atomic E-state index is 13.7. The average molecular weight is 516 g/mol. The molecule has 1 saturated heterocycles. The quantitative estimate of drug-likeness (QED) is 0.616. The number of amides is 2. The van der Waals surface area contributed by atoms with E-state index in [1.54, 1.807) is 37.3 Å². The predicted octanol–water partition coefficient (Wildman–Crippen LogP) is 3.94. The summed E-state index contributed by atoms with van der Waals surface area (Å²) in [6.45, 7) is 5.23. The van der Waals surface area contributed by atoms with Crippen molar-refractivity contribution in [3.05, 3.63) is 58.6 Å². The first-order chi connectivity index (χ1) is 16.7. The van der Waals surface area contributed by atoms with Crippen LogP contribution < -0.4 is 4.31 Å². The van der Waals surface area contributed by atoms with E-state index in [-0.39, 0.29) is 16.7 Å². The highest BCUT2D eigenvalue weighted by Crippen LogP contribution is 2.52. The van der Waals surface area contributed by atoms with E-state index in [2.05, 4.69) is 4.90 Å². The molecule has 0 radical (unpaired) electrons. The van der Waals surface area contributed by atoms with Crippen molar-refractivity contribution in [2.24, 2.45) is 0 Å². The van der Waals surface area contributed by atoms with Crippen LogP contribution in [-0.2, 0) is 31.6 Å². The van der Waals surface area contributed by atoms with Crippen LogP contribution in [0.1, 0.15) is 50.2 Å². The van der Waals surface area contributed by atoms with Gasteiger partial charge in [-0.15, -0.1) is 0 Å². The summed E-state index contributed by atoms with van der Waals surface area (Å²) in [5, 5.41) is 0.509. The molecule has 0 unspecified atom stereocenters. The molecule has 9 heteroatoms. The number of rotatable bonds is 4. The first-order valence-corrected chi connectivity index (χ1v) is 14.0. The molecular formula is C26H30ClN3O4S. The SMILES string of the molecule is CC(=O)N1CCN(Cc2ccc(S(=O)(=O)N3C(=O)C4(CCCCC4)c4cc(Cl)ccc43)cc2)CC1. The summed E-state index contributed by atoms with van der Waals surface area (Å²) in [4.78, 5) is 29.5. The molecule has 0 bridgehead atoms. The average Bonchev–Trinajstić information content (AvgIpc) is 3.08. The van der Waals surface area contributed by atoms with Crippen LogP contribution in [0.5, 0.6) is 0 Å². The van der Waals surface area contributed by atoms with Crippen LogP contribution in [0.4, 0.5) is 5.69 Å². The van der Waals surface area contributed by atoms with Crippen molar-refractivity contribution >= 4 is 39.1 Å². The van der Waals surface area contributed by atoms with Crippen LogP contribution in [0.3, 0.4) is 0 Å². The molecule has 2 amide bonds. The highest BCUT2D eigenvalue weighted by Gasteiger charge is 2.54. The standard InChI is InChI=1S/C26H30ClN3O4S/c1-19(31)29-15-13-28(14-16-29)18-20-5-8-22(9-6-20)35(33,34)30-24-10-7-21(27)17-23(24)26(25(30)32)11-3-2-4-12-26/h5-10,17H,2-4,11-16,18H2,1H3. The molecule has 2 heterocycles. The summed E-state index contributed by atoms with van der Waals surface area (Å²) in [7, 11) is -4.07. The van der Waals surface area contributed by atoms with Gasteiger partial charge in [0.1, 0.15) is 0 Å². The Morgan fingerprint density at radius 2 is 1.63 bits per heavy atom. The zero-order valence-corrected chi connectivity index (χ0v) is 21.4. The van der Waals surface area contributed by atoms with E-state index in [0.29, 0.717) is 43.2 Å². The van der Waals surface area contributed by atoms with Gasteiger partial charge in [0.15, 0.2) is 0 Å². The minimum absolute atomic E-state index is 0.0921. The Morgan fingerprint density at radius 3 is 2.26 bits per heavy atom. The monoisotopic (exact) mass is 515 g/mol. The van der Waals surface area contributed by atoms with Crippen LogP contribution in [0.15, 0.2) is 47.4 Å². The molecule has 7 nitrogen and oxygen atoms in total. The summed E-state index contributed by atoms with van der Waals surface area (Å²) >= 11 is 6.27. The zero-order valence-electron chi connectivity index (χ0n) is 19.9. The lowest BCUT2D eigenvalue weighted by Crippen LogP contribution is -2.47. The van der Waals surface area contributed by atoms with E-state index >= 15 is 0 Å². The molecule has 2 aliphatic heterocycles. The molecule has 35 heavy (non-hydrogen) atoms. The van der Waals surface area contributed by atoms with Crippen LogP contribution >= 0.6 is 11.6 Å². The second-order valence-corrected chi connectivity index (χ2v) is 12.0. The molecule has 2 aromatic carbocycles. The third-order valence-corrected chi connectivity index (χ3v) is 9.63. The molecule has 0 atom stereocenters. The lowest BCUT2D eigenvalue weighted by molar-refractivity contribution is -0.130. The predicted molar refractivity (Wildman–Crippen MR) is 135 cm³/mol. The number of piperazine rings is 1. The Kier molecular flexibility index (Phi) is 6.40. The minimum atomic E-state index is -4.07. The second-order valence-electron chi connectivity index (χ2n) is 9.80. The van der Waals surface area contributed by atoms with Crippen molar-refractivity contribution in [2.45, 2.75) is 55.9 Å². The van der Waals surface area contributed by atoms with Crippen molar-refractivity contribution in [1.82, 2.24) is 9.80 Å². The van der Waals surface area contributed by atoms with E-state index in [4.69, 9.17) is 11.6 Å². The Bertz CT molecular complexity index is 1250. The largest absolute Gasteiger partial charge is 0.340 e. The molecule has 1 saturated carbocycles. The number of hydrogen-bond donors (Lipinski definition) is 0. The molecule has 5 rings (SSSR count). The fourth-order valence-electron chi connectivity index (χ4n) is 5.72. The van der Waals surface area contributed by atoms with Crippen molar-refractivity contribution < 1.29 is 18.0 Å². The Morgan fingerprint density at radius 1 is 0.971 bits per heavy atom. The number of halogens is 1. The van der Waals surface area contributed by atoms with Crippen LogP contribution in [0, 0.1) is 0 Å². The smallest absolute Gasteiger partial charge is 0.270 e. The van der Waals surface area contributed by atoms with Gasteiger partial charge in [-0.2, -0.15) is 0 Å². The number of sulfonamides is 1. The van der Waals surface area contributed by atoms with E-state index in [9.17, 15) is 18.0 Å². The number of benzene rings is 2. The second kappa shape index (κ2) is 9.22. The van der Waals surface area contributed by atoms with E-state index < -0.39 is 15.4 Å². The molecule has 3 aliphatic rings. The van der Waals surface area contributed by atoms with Crippen LogP contribution in [0.25, 0.3) is 0 Å². The molecule has 1 aliphatic carbocycles. The molecular weight excluding hydrogens is 486 g/mol. The summed E-state index contributed by atoms with van der Waals surface area (Å²) in [6.07, 6.45) is 4.10. The van der Waals surface area contributed by atoms with Gasteiger partial charge in [-0.3, -0.25) is 14.5 Å². The van der Waals surface area contributed by atoms with Gasteiger partial charge in [-0.1, -0.05) is 43.0 Å². The van der Waals surface area contributed by atoms with Crippen LogP contribution in [0.2, 0.25) is 5.02 Å². The van der Waals surface area contributed by atoms with Gasteiger partial charge in [0.25, 0.3) is 15.9 Å². The lowest BCUT2D eigenvalue weighted by Gasteiger charge is -2.34. The van der Waals surface area contributed by atoms with Gasteiger partial charge in [0, 0.05) is 44.7 Å². The third-order valence-electron chi connectivity index (χ3n) is 7.68. The fourth-order valence-corrected chi connectivity index (χ4v) is 7.39. The van der Waals surface area contributed by atoms with Gasteiger partial charge in [0.05, 0.1) is 16.0 Å². The molecule has 2 aromatic rings. The molecule has 2 fully saturated rings. The topological polar surface area (TPSA) is 78.0 Å². The highest BCUT2D eigenvalue weighted by atomic mass is 35.5. The number of fused-ring (bicyclic) bond motifs is 2. The van der Waals surface area contributed by atoms with E-state index in [1.165, 1.54) is 0 Å². The molecule has 1 spiro atoms. The van der Waals surface area contributed by atoms with Gasteiger partial charge in [-0.25, -0.2) is 12.7 Å². The van der Waals surface area contributed by atoms with E-state index in [0.717, 1.165) is 47.8 Å². The number of carbonyl (C=O) groups excluding carboxylic acids is 2. The molecule has 0 aromatic heterocycles. The van der Waals surface area contributed by atoms with Gasteiger partial charge in [-0.05, 0) is 54.3 Å². The highest BCUT2D eigenvalue weighted by molar-refractivity contribution is 7.93. The van der Waals surface area contributed by atoms with E-state index in [1.807, 2.05) is 17.0 Å². The molecule has 0 N–H and O–H groups in total. The van der Waals surface area contributed by atoms with Crippen molar-refractivity contribution in [1.29, 1.82) is 0 Å². The van der Waals surface area contributed by atoms with Crippen molar-refractivity contribution in [3.8, 4) is 0 Å². The Hall–Kier alpha value is -2.42. The third kappa shape index (κ3) is 4.26. The number of hydrogen-bond acceptors (Lipinski definition) is 5.